The number of aromatic nitrogens is 2. The van der Waals surface area contributed by atoms with E-state index in [4.69, 9.17) is 4.74 Å². The molecular formula is C19H24N4O2. The van der Waals surface area contributed by atoms with Gasteiger partial charge in [0.1, 0.15) is 17.7 Å². The zero-order valence-corrected chi connectivity index (χ0v) is 15.2. The van der Waals surface area contributed by atoms with E-state index in [-0.39, 0.29) is 6.09 Å². The number of carbonyl (C=O) groups excluding carboxylic acids is 1. The average Bonchev–Trinajstić information content (AvgIpc) is 2.95. The van der Waals surface area contributed by atoms with Crippen molar-refractivity contribution in [2.45, 2.75) is 52.9 Å². The number of hydrogen-bond donors (Lipinski definition) is 1. The molecule has 1 aliphatic heterocycles. The number of hydrogen-bond acceptors (Lipinski definition) is 5. The van der Waals surface area contributed by atoms with Crippen molar-refractivity contribution in [3.05, 3.63) is 53.0 Å². The molecule has 0 aliphatic carbocycles. The molecule has 2 heterocycles. The van der Waals surface area contributed by atoms with E-state index in [1.807, 2.05) is 33.8 Å². The van der Waals surface area contributed by atoms with E-state index in [9.17, 15) is 4.79 Å². The summed E-state index contributed by atoms with van der Waals surface area (Å²) >= 11 is 0. The maximum absolute atomic E-state index is 12.2. The van der Waals surface area contributed by atoms with Crippen LogP contribution in [0.15, 0.2) is 30.6 Å². The summed E-state index contributed by atoms with van der Waals surface area (Å²) in [5.74, 6) is 0.809. The first-order valence-electron chi connectivity index (χ1n) is 8.41. The Balaban J connectivity index is 1.63. The fraction of sp³-hybridized carbons (Fsp3) is 0.421. The lowest BCUT2D eigenvalue weighted by Crippen LogP contribution is -2.33. The molecule has 0 saturated heterocycles. The minimum absolute atomic E-state index is 0.264. The number of benzene rings is 1. The van der Waals surface area contributed by atoms with Crippen molar-refractivity contribution < 1.29 is 9.53 Å². The number of anilines is 1. The Morgan fingerprint density at radius 3 is 2.68 bits per heavy atom. The molecule has 25 heavy (non-hydrogen) atoms. The predicted molar refractivity (Wildman–Crippen MR) is 96.0 cm³/mol. The third-order valence-electron chi connectivity index (χ3n) is 3.92. The number of nitrogens with zero attached hydrogens (tertiary/aromatic N) is 3. The van der Waals surface area contributed by atoms with Gasteiger partial charge in [0, 0.05) is 31.4 Å². The zero-order valence-electron chi connectivity index (χ0n) is 15.2. The van der Waals surface area contributed by atoms with E-state index in [0.717, 1.165) is 17.1 Å². The van der Waals surface area contributed by atoms with Crippen LogP contribution in [0.25, 0.3) is 0 Å². The fourth-order valence-corrected chi connectivity index (χ4v) is 2.76. The molecule has 0 fully saturated rings. The maximum Gasteiger partial charge on any atom is 0.410 e. The molecule has 0 unspecified atom stereocenters. The van der Waals surface area contributed by atoms with E-state index < -0.39 is 5.60 Å². The van der Waals surface area contributed by atoms with Gasteiger partial charge in [-0.3, -0.25) is 4.90 Å². The molecule has 1 aliphatic rings. The van der Waals surface area contributed by atoms with Crippen LogP contribution >= 0.6 is 0 Å². The lowest BCUT2D eigenvalue weighted by Gasteiger charge is -2.24. The summed E-state index contributed by atoms with van der Waals surface area (Å²) in [6.07, 6.45) is 1.29. The topological polar surface area (TPSA) is 67.4 Å². The molecule has 0 radical (unpaired) electrons. The Bertz CT molecular complexity index is 783. The highest BCUT2D eigenvalue weighted by atomic mass is 16.6. The van der Waals surface area contributed by atoms with Gasteiger partial charge >= 0.3 is 6.09 Å². The predicted octanol–water partition coefficient (Wildman–Crippen LogP) is 3.65. The summed E-state index contributed by atoms with van der Waals surface area (Å²) in [5.41, 5.74) is 3.95. The highest BCUT2D eigenvalue weighted by Gasteiger charge is 2.27. The van der Waals surface area contributed by atoms with Crippen LogP contribution in [-0.2, 0) is 24.4 Å². The van der Waals surface area contributed by atoms with Crippen molar-refractivity contribution in [2.24, 2.45) is 0 Å². The molecule has 6 nitrogen and oxygen atoms in total. The van der Waals surface area contributed by atoms with Crippen molar-refractivity contribution in [2.75, 3.05) is 5.32 Å². The minimum Gasteiger partial charge on any atom is -0.444 e. The van der Waals surface area contributed by atoms with Crippen LogP contribution in [0.1, 0.15) is 43.2 Å². The van der Waals surface area contributed by atoms with E-state index in [2.05, 4.69) is 33.5 Å². The largest absolute Gasteiger partial charge is 0.444 e. The van der Waals surface area contributed by atoms with E-state index in [1.165, 1.54) is 11.1 Å². The van der Waals surface area contributed by atoms with Gasteiger partial charge in [0.25, 0.3) is 0 Å². The number of ether oxygens (including phenoxy) is 1. The van der Waals surface area contributed by atoms with Crippen LogP contribution in [0.5, 0.6) is 0 Å². The summed E-state index contributed by atoms with van der Waals surface area (Å²) in [5, 5.41) is 3.30. The molecule has 0 spiro atoms. The van der Waals surface area contributed by atoms with Crippen LogP contribution in [0.4, 0.5) is 10.6 Å². The van der Waals surface area contributed by atoms with Crippen LogP contribution in [0.3, 0.4) is 0 Å². The third kappa shape index (κ3) is 4.47. The van der Waals surface area contributed by atoms with Gasteiger partial charge in [0.2, 0.25) is 0 Å². The van der Waals surface area contributed by atoms with Crippen LogP contribution in [-0.4, -0.2) is 26.6 Å². The maximum atomic E-state index is 12.2. The number of rotatable bonds is 3. The Kier molecular flexibility index (Phi) is 4.61. The lowest BCUT2D eigenvalue weighted by molar-refractivity contribution is 0.0242. The highest BCUT2D eigenvalue weighted by molar-refractivity contribution is 5.69. The normalized spacial score (nSPS) is 13.5. The molecule has 0 saturated carbocycles. The summed E-state index contributed by atoms with van der Waals surface area (Å²) < 4.78 is 5.46. The average molecular weight is 340 g/mol. The minimum atomic E-state index is -0.476. The third-order valence-corrected chi connectivity index (χ3v) is 3.92. The molecule has 1 N–H and O–H groups in total. The second-order valence-electron chi connectivity index (χ2n) is 7.34. The van der Waals surface area contributed by atoms with Gasteiger partial charge in [0.05, 0.1) is 0 Å². The van der Waals surface area contributed by atoms with Crippen molar-refractivity contribution in [3.63, 3.8) is 0 Å². The van der Waals surface area contributed by atoms with Gasteiger partial charge in [-0.2, -0.15) is 0 Å². The molecule has 0 bridgehead atoms. The Morgan fingerprint density at radius 1 is 1.20 bits per heavy atom. The van der Waals surface area contributed by atoms with Crippen molar-refractivity contribution in [1.82, 2.24) is 14.9 Å². The molecule has 1 aromatic heterocycles. The standard InChI is InChI=1S/C19H24N4O2/c1-13-7-17(22-12-21-13)20-9-14-5-6-15-10-23(11-16(15)8-14)18(24)25-19(2,3)4/h5-8,12H,9-11H2,1-4H3,(H,20,21,22). The second kappa shape index (κ2) is 6.70. The Labute approximate surface area is 148 Å². The SMILES string of the molecule is Cc1cc(NCc2ccc3c(c2)CN(C(=O)OC(C)(C)C)C3)ncn1. The van der Waals surface area contributed by atoms with Gasteiger partial charge in [-0.25, -0.2) is 14.8 Å². The van der Waals surface area contributed by atoms with E-state index >= 15 is 0 Å². The van der Waals surface area contributed by atoms with Gasteiger partial charge in [0.15, 0.2) is 0 Å². The van der Waals surface area contributed by atoms with E-state index in [0.29, 0.717) is 19.6 Å². The number of amides is 1. The Hall–Kier alpha value is -2.63. The molecular weight excluding hydrogens is 316 g/mol. The molecule has 1 aromatic carbocycles. The monoisotopic (exact) mass is 340 g/mol. The summed E-state index contributed by atoms with van der Waals surface area (Å²) in [6.45, 7) is 9.45. The van der Waals surface area contributed by atoms with E-state index in [1.54, 1.807) is 11.2 Å². The lowest BCUT2D eigenvalue weighted by atomic mass is 10.1. The number of carbonyl (C=O) groups is 1. The van der Waals surface area contributed by atoms with Crippen molar-refractivity contribution >= 4 is 11.9 Å². The fourth-order valence-electron chi connectivity index (χ4n) is 2.76. The van der Waals surface area contributed by atoms with Crippen molar-refractivity contribution in [3.8, 4) is 0 Å². The first-order valence-corrected chi connectivity index (χ1v) is 8.41. The van der Waals surface area contributed by atoms with Gasteiger partial charge in [-0.1, -0.05) is 18.2 Å². The first-order chi connectivity index (χ1) is 11.8. The number of nitrogens with one attached hydrogen (secondary N) is 1. The van der Waals surface area contributed by atoms with Gasteiger partial charge in [-0.05, 0) is 44.4 Å². The molecule has 6 heteroatoms. The Morgan fingerprint density at radius 2 is 1.96 bits per heavy atom. The van der Waals surface area contributed by atoms with Gasteiger partial charge in [-0.15, -0.1) is 0 Å². The number of fused-ring (bicyclic) bond motifs is 1. The molecule has 132 valence electrons. The van der Waals surface area contributed by atoms with Crippen LogP contribution in [0.2, 0.25) is 0 Å². The van der Waals surface area contributed by atoms with Gasteiger partial charge < -0.3 is 10.1 Å². The summed E-state index contributed by atoms with van der Waals surface area (Å²) in [7, 11) is 0. The zero-order chi connectivity index (χ0) is 18.0. The van der Waals surface area contributed by atoms with Crippen LogP contribution < -0.4 is 5.32 Å². The smallest absolute Gasteiger partial charge is 0.410 e. The second-order valence-corrected chi connectivity index (χ2v) is 7.34. The molecule has 0 atom stereocenters. The van der Waals surface area contributed by atoms with Crippen molar-refractivity contribution in [1.29, 1.82) is 0 Å². The van der Waals surface area contributed by atoms with Crippen LogP contribution in [0, 0.1) is 6.92 Å². The highest BCUT2D eigenvalue weighted by Crippen LogP contribution is 2.26. The first kappa shape index (κ1) is 17.2. The quantitative estimate of drug-likeness (QED) is 0.924. The summed E-state index contributed by atoms with van der Waals surface area (Å²) in [4.78, 5) is 22.3. The molecule has 2 aromatic rings. The summed E-state index contributed by atoms with van der Waals surface area (Å²) in [6, 6.07) is 8.22. The number of aryl methyl sites for hydroxylation is 1. The molecule has 3 rings (SSSR count). The molecule has 1 amide bonds.